The Bertz CT molecular complexity index is 626. The highest BCUT2D eigenvalue weighted by Gasteiger charge is 2.31. The number of hydrogen-bond acceptors (Lipinski definition) is 1. The summed E-state index contributed by atoms with van der Waals surface area (Å²) in [5.41, 5.74) is 1.82. The predicted molar refractivity (Wildman–Crippen MR) is 84.9 cm³/mol. The zero-order chi connectivity index (χ0) is 14.1. The number of halogens is 3. The Kier molecular flexibility index (Phi) is 3.99. The fourth-order valence-electron chi connectivity index (χ4n) is 2.63. The van der Waals surface area contributed by atoms with Gasteiger partial charge in [-0.3, -0.25) is 0 Å². The summed E-state index contributed by atoms with van der Waals surface area (Å²) >= 11 is 9.36. The maximum atomic E-state index is 13.8. The molecule has 2 aromatic rings. The van der Waals surface area contributed by atoms with E-state index in [1.807, 2.05) is 6.07 Å². The van der Waals surface area contributed by atoms with Gasteiger partial charge in [0.2, 0.25) is 0 Å². The van der Waals surface area contributed by atoms with E-state index in [0.29, 0.717) is 17.6 Å². The molecule has 4 heteroatoms. The molecule has 3 rings (SSSR count). The lowest BCUT2D eigenvalue weighted by Gasteiger charge is -2.37. The molecule has 0 aliphatic heterocycles. The minimum absolute atomic E-state index is 0.164. The lowest BCUT2D eigenvalue weighted by Crippen LogP contribution is -2.34. The van der Waals surface area contributed by atoms with Crippen molar-refractivity contribution in [1.29, 1.82) is 0 Å². The molecule has 1 nitrogen and oxygen atoms in total. The highest BCUT2D eigenvalue weighted by atomic mass is 79.9. The summed E-state index contributed by atoms with van der Waals surface area (Å²) in [5, 5.41) is 3.40. The zero-order valence-electron chi connectivity index (χ0n) is 10.7. The van der Waals surface area contributed by atoms with Crippen molar-refractivity contribution in [2.45, 2.75) is 24.8 Å². The van der Waals surface area contributed by atoms with Gasteiger partial charge in [0.25, 0.3) is 0 Å². The number of rotatable bonds is 3. The first-order valence-electron chi connectivity index (χ1n) is 6.60. The molecule has 104 valence electrons. The maximum Gasteiger partial charge on any atom is 0.164 e. The summed E-state index contributed by atoms with van der Waals surface area (Å²) < 4.78 is 15.0. The van der Waals surface area contributed by atoms with Gasteiger partial charge in [0.15, 0.2) is 5.82 Å². The van der Waals surface area contributed by atoms with E-state index in [2.05, 4.69) is 39.4 Å². The van der Waals surface area contributed by atoms with Crippen molar-refractivity contribution in [3.8, 4) is 0 Å². The van der Waals surface area contributed by atoms with Crippen LogP contribution in [0.15, 0.2) is 46.9 Å². The van der Waals surface area contributed by atoms with Crippen LogP contribution in [0.2, 0.25) is 5.02 Å². The molecule has 1 N–H and O–H groups in total. The van der Waals surface area contributed by atoms with Crippen molar-refractivity contribution in [3.05, 3.63) is 63.3 Å². The van der Waals surface area contributed by atoms with Gasteiger partial charge in [0, 0.05) is 10.5 Å². The molecule has 1 aliphatic carbocycles. The van der Waals surface area contributed by atoms with E-state index in [1.54, 1.807) is 18.2 Å². The summed E-state index contributed by atoms with van der Waals surface area (Å²) in [7, 11) is 0. The van der Waals surface area contributed by atoms with Crippen molar-refractivity contribution in [2.24, 2.45) is 0 Å². The lowest BCUT2D eigenvalue weighted by atomic mass is 9.76. The Balaban J connectivity index is 1.64. The van der Waals surface area contributed by atoms with Gasteiger partial charge >= 0.3 is 0 Å². The molecule has 1 saturated carbocycles. The van der Waals surface area contributed by atoms with E-state index in [1.165, 1.54) is 5.56 Å². The second-order valence-electron chi connectivity index (χ2n) is 5.13. The monoisotopic (exact) mass is 353 g/mol. The number of benzene rings is 2. The molecular weight excluding hydrogens is 341 g/mol. The summed E-state index contributed by atoms with van der Waals surface area (Å²) in [6.45, 7) is 0. The molecule has 0 saturated heterocycles. The highest BCUT2D eigenvalue weighted by Crippen LogP contribution is 2.41. The normalized spacial score (nSPS) is 21.4. The molecule has 1 fully saturated rings. The molecule has 0 radical (unpaired) electrons. The first kappa shape index (κ1) is 13.9. The SMILES string of the molecule is Fc1c(Cl)cccc1NC1CC(c2ccccc2Br)C1. The fraction of sp³-hybridized carbons (Fsp3) is 0.250. The Morgan fingerprint density at radius 1 is 1.10 bits per heavy atom. The van der Waals surface area contributed by atoms with E-state index in [-0.39, 0.29) is 10.8 Å². The van der Waals surface area contributed by atoms with Gasteiger partial charge < -0.3 is 5.32 Å². The summed E-state index contributed by atoms with van der Waals surface area (Å²) in [6, 6.07) is 13.6. The standard InChI is InChI=1S/C16H14BrClFN/c17-13-5-2-1-4-12(13)10-8-11(9-10)20-15-7-3-6-14(18)16(15)19/h1-7,10-11,20H,8-9H2. The smallest absolute Gasteiger partial charge is 0.164 e. The summed E-state index contributed by atoms with van der Waals surface area (Å²) in [6.07, 6.45) is 2.02. The van der Waals surface area contributed by atoms with Gasteiger partial charge in [-0.25, -0.2) is 4.39 Å². The topological polar surface area (TPSA) is 12.0 Å². The van der Waals surface area contributed by atoms with Crippen molar-refractivity contribution in [2.75, 3.05) is 5.32 Å². The number of nitrogens with one attached hydrogen (secondary N) is 1. The van der Waals surface area contributed by atoms with E-state index in [4.69, 9.17) is 11.6 Å². The van der Waals surface area contributed by atoms with E-state index in [0.717, 1.165) is 17.3 Å². The van der Waals surface area contributed by atoms with Crippen LogP contribution >= 0.6 is 27.5 Å². The Labute approximate surface area is 131 Å². The second kappa shape index (κ2) is 5.74. The van der Waals surface area contributed by atoms with E-state index in [9.17, 15) is 4.39 Å². The van der Waals surface area contributed by atoms with Crippen LogP contribution in [0.4, 0.5) is 10.1 Å². The minimum Gasteiger partial charge on any atom is -0.380 e. The highest BCUT2D eigenvalue weighted by molar-refractivity contribution is 9.10. The van der Waals surface area contributed by atoms with Crippen LogP contribution in [-0.2, 0) is 0 Å². The molecule has 0 amide bonds. The van der Waals surface area contributed by atoms with Crippen molar-refractivity contribution in [1.82, 2.24) is 0 Å². The predicted octanol–water partition coefficient (Wildman–Crippen LogP) is 5.60. The molecular formula is C16H14BrClFN. The largest absolute Gasteiger partial charge is 0.380 e. The minimum atomic E-state index is -0.362. The van der Waals surface area contributed by atoms with Gasteiger partial charge in [-0.15, -0.1) is 0 Å². The molecule has 2 aromatic carbocycles. The molecule has 0 aromatic heterocycles. The summed E-state index contributed by atoms with van der Waals surface area (Å²) in [5.74, 6) is 0.170. The molecule has 20 heavy (non-hydrogen) atoms. The summed E-state index contributed by atoms with van der Waals surface area (Å²) in [4.78, 5) is 0. The first-order valence-corrected chi connectivity index (χ1v) is 7.77. The Hall–Kier alpha value is -1.06. The van der Waals surface area contributed by atoms with Crippen LogP contribution < -0.4 is 5.32 Å². The van der Waals surface area contributed by atoms with Gasteiger partial charge in [-0.05, 0) is 42.5 Å². The van der Waals surface area contributed by atoms with Crippen LogP contribution in [0.5, 0.6) is 0 Å². The van der Waals surface area contributed by atoms with Crippen molar-refractivity contribution < 1.29 is 4.39 Å². The zero-order valence-corrected chi connectivity index (χ0v) is 13.1. The van der Waals surface area contributed by atoms with Crippen LogP contribution in [-0.4, -0.2) is 6.04 Å². The van der Waals surface area contributed by atoms with E-state index >= 15 is 0 Å². The molecule has 0 heterocycles. The van der Waals surface area contributed by atoms with Crippen LogP contribution in [0.3, 0.4) is 0 Å². The quantitative estimate of drug-likeness (QED) is 0.756. The third-order valence-corrected chi connectivity index (χ3v) is 4.81. The van der Waals surface area contributed by atoms with Crippen LogP contribution in [0, 0.1) is 5.82 Å². The second-order valence-corrected chi connectivity index (χ2v) is 6.39. The molecule has 0 spiro atoms. The Morgan fingerprint density at radius 2 is 1.85 bits per heavy atom. The Morgan fingerprint density at radius 3 is 2.60 bits per heavy atom. The van der Waals surface area contributed by atoms with Crippen molar-refractivity contribution in [3.63, 3.8) is 0 Å². The number of anilines is 1. The molecule has 0 bridgehead atoms. The van der Waals surface area contributed by atoms with Gasteiger partial charge in [0.05, 0.1) is 10.7 Å². The van der Waals surface area contributed by atoms with Crippen LogP contribution in [0.25, 0.3) is 0 Å². The third kappa shape index (κ3) is 2.70. The molecule has 0 unspecified atom stereocenters. The molecule has 1 aliphatic rings. The van der Waals surface area contributed by atoms with Crippen LogP contribution in [0.1, 0.15) is 24.3 Å². The van der Waals surface area contributed by atoms with Crippen molar-refractivity contribution >= 4 is 33.2 Å². The third-order valence-electron chi connectivity index (χ3n) is 3.79. The number of hydrogen-bond donors (Lipinski definition) is 1. The average Bonchev–Trinajstić information content (AvgIpc) is 2.39. The lowest BCUT2D eigenvalue weighted by molar-refractivity contribution is 0.372. The van der Waals surface area contributed by atoms with E-state index < -0.39 is 0 Å². The van der Waals surface area contributed by atoms with Gasteiger partial charge in [-0.2, -0.15) is 0 Å². The average molecular weight is 355 g/mol. The van der Waals surface area contributed by atoms with Gasteiger partial charge in [-0.1, -0.05) is 51.8 Å². The fourth-order valence-corrected chi connectivity index (χ4v) is 3.41. The van der Waals surface area contributed by atoms with Gasteiger partial charge in [0.1, 0.15) is 0 Å². The first-order chi connectivity index (χ1) is 9.65. The molecule has 0 atom stereocenters. The maximum absolute atomic E-state index is 13.8.